The Morgan fingerprint density at radius 1 is 1.25 bits per heavy atom. The van der Waals surface area contributed by atoms with Gasteiger partial charge in [-0.1, -0.05) is 31.7 Å². The molecule has 0 spiro atoms. The van der Waals surface area contributed by atoms with Crippen LogP contribution in [-0.4, -0.2) is 30.1 Å². The smallest absolute Gasteiger partial charge is 0.119 e. The minimum atomic E-state index is 0.235. The topological polar surface area (TPSA) is 12.5 Å². The zero-order chi connectivity index (χ0) is 15.0. The highest BCUT2D eigenvalue weighted by molar-refractivity contribution is 5.49. The van der Waals surface area contributed by atoms with E-state index in [9.17, 15) is 0 Å². The van der Waals surface area contributed by atoms with Crippen LogP contribution in [0.3, 0.4) is 0 Å². The molecule has 20 heavy (non-hydrogen) atoms. The van der Waals surface area contributed by atoms with Gasteiger partial charge in [-0.3, -0.25) is 4.90 Å². The maximum Gasteiger partial charge on any atom is 0.119 e. The van der Waals surface area contributed by atoms with Gasteiger partial charge in [-0.15, -0.1) is 0 Å². The first-order valence-corrected chi connectivity index (χ1v) is 7.57. The number of hydrogen-bond acceptors (Lipinski definition) is 2. The van der Waals surface area contributed by atoms with Crippen LogP contribution in [0.1, 0.15) is 46.1 Å². The first-order chi connectivity index (χ1) is 9.47. The molecule has 112 valence electrons. The van der Waals surface area contributed by atoms with Gasteiger partial charge in [0.25, 0.3) is 0 Å². The van der Waals surface area contributed by atoms with Crippen LogP contribution < -0.4 is 4.74 Å². The Balaban J connectivity index is 2.38. The summed E-state index contributed by atoms with van der Waals surface area (Å²) < 4.78 is 5.82. The fourth-order valence-electron chi connectivity index (χ4n) is 2.23. The number of hydrogen-bond donors (Lipinski definition) is 0. The van der Waals surface area contributed by atoms with Gasteiger partial charge in [-0.25, -0.2) is 0 Å². The van der Waals surface area contributed by atoms with Crippen molar-refractivity contribution < 1.29 is 4.74 Å². The Morgan fingerprint density at radius 3 is 2.60 bits per heavy atom. The van der Waals surface area contributed by atoms with Crippen molar-refractivity contribution in [2.24, 2.45) is 0 Å². The second-order valence-corrected chi connectivity index (χ2v) is 6.14. The molecule has 0 bridgehead atoms. The van der Waals surface area contributed by atoms with E-state index in [0.717, 1.165) is 37.4 Å². The normalized spacial score (nSPS) is 11.7. The second-order valence-electron chi connectivity index (χ2n) is 6.14. The van der Waals surface area contributed by atoms with Crippen molar-refractivity contribution in [2.75, 3.05) is 19.7 Å². The van der Waals surface area contributed by atoms with E-state index in [-0.39, 0.29) is 5.54 Å². The standard InChI is InChI=1S/C18H29NO/c1-6-12-19(18(3,4)5)13-9-14-20-17-11-8-10-16(7-2)15-17/h7-8,10-11,15H,2,6,9,12-14H2,1,3-5H3. The Morgan fingerprint density at radius 2 is 2.00 bits per heavy atom. The third-order valence-corrected chi connectivity index (χ3v) is 3.38. The summed E-state index contributed by atoms with van der Waals surface area (Å²) in [6.07, 6.45) is 4.09. The Bertz CT molecular complexity index is 406. The molecule has 0 saturated carbocycles. The summed E-state index contributed by atoms with van der Waals surface area (Å²) in [5.74, 6) is 0.931. The third-order valence-electron chi connectivity index (χ3n) is 3.38. The van der Waals surface area contributed by atoms with Crippen LogP contribution in [0.25, 0.3) is 6.08 Å². The molecular formula is C18H29NO. The molecule has 0 heterocycles. The van der Waals surface area contributed by atoms with Gasteiger partial charge in [0.1, 0.15) is 5.75 Å². The minimum absolute atomic E-state index is 0.235. The van der Waals surface area contributed by atoms with Crippen molar-refractivity contribution in [3.63, 3.8) is 0 Å². The van der Waals surface area contributed by atoms with Gasteiger partial charge < -0.3 is 4.74 Å². The van der Waals surface area contributed by atoms with Gasteiger partial charge in [0, 0.05) is 12.1 Å². The number of nitrogens with zero attached hydrogens (tertiary/aromatic N) is 1. The van der Waals surface area contributed by atoms with Crippen LogP contribution in [0, 0.1) is 0 Å². The summed E-state index contributed by atoms with van der Waals surface area (Å²) in [6.45, 7) is 15.8. The van der Waals surface area contributed by atoms with Crippen molar-refractivity contribution in [1.29, 1.82) is 0 Å². The highest BCUT2D eigenvalue weighted by atomic mass is 16.5. The molecule has 0 amide bonds. The van der Waals surface area contributed by atoms with Crippen LogP contribution in [0.5, 0.6) is 5.75 Å². The molecule has 1 aromatic carbocycles. The van der Waals surface area contributed by atoms with E-state index in [2.05, 4.69) is 39.2 Å². The fourth-order valence-corrected chi connectivity index (χ4v) is 2.23. The van der Waals surface area contributed by atoms with Gasteiger partial charge in [-0.2, -0.15) is 0 Å². The van der Waals surface area contributed by atoms with E-state index >= 15 is 0 Å². The quantitative estimate of drug-likeness (QED) is 0.642. The number of rotatable bonds is 8. The van der Waals surface area contributed by atoms with Crippen molar-refractivity contribution >= 4 is 6.08 Å². The number of ether oxygens (including phenoxy) is 1. The summed E-state index contributed by atoms with van der Waals surface area (Å²) in [5, 5.41) is 0. The summed E-state index contributed by atoms with van der Waals surface area (Å²) in [7, 11) is 0. The molecule has 0 atom stereocenters. The molecular weight excluding hydrogens is 246 g/mol. The van der Waals surface area contributed by atoms with Crippen molar-refractivity contribution in [3.8, 4) is 5.75 Å². The predicted molar refractivity (Wildman–Crippen MR) is 88.3 cm³/mol. The first kappa shape index (κ1) is 16.8. The van der Waals surface area contributed by atoms with Crippen LogP contribution >= 0.6 is 0 Å². The van der Waals surface area contributed by atoms with Crippen LogP contribution in [0.15, 0.2) is 30.8 Å². The summed E-state index contributed by atoms with van der Waals surface area (Å²) >= 11 is 0. The summed E-state index contributed by atoms with van der Waals surface area (Å²) in [5.41, 5.74) is 1.34. The van der Waals surface area contributed by atoms with Crippen molar-refractivity contribution in [1.82, 2.24) is 4.90 Å². The largest absolute Gasteiger partial charge is 0.494 e. The van der Waals surface area contributed by atoms with Gasteiger partial charge in [0.05, 0.1) is 6.61 Å². The van der Waals surface area contributed by atoms with Gasteiger partial charge in [0.15, 0.2) is 0 Å². The van der Waals surface area contributed by atoms with Crippen LogP contribution in [-0.2, 0) is 0 Å². The van der Waals surface area contributed by atoms with Crippen LogP contribution in [0.2, 0.25) is 0 Å². The molecule has 0 aliphatic carbocycles. The van der Waals surface area contributed by atoms with Crippen molar-refractivity contribution in [3.05, 3.63) is 36.4 Å². The zero-order valence-corrected chi connectivity index (χ0v) is 13.5. The van der Waals surface area contributed by atoms with E-state index < -0.39 is 0 Å². The maximum absolute atomic E-state index is 5.82. The molecule has 0 fully saturated rings. The number of benzene rings is 1. The predicted octanol–water partition coefficient (Wildman–Crippen LogP) is 4.61. The Labute approximate surface area is 124 Å². The molecule has 0 N–H and O–H groups in total. The molecule has 0 saturated heterocycles. The molecule has 0 aliphatic heterocycles. The summed E-state index contributed by atoms with van der Waals surface area (Å²) in [6, 6.07) is 8.06. The van der Waals surface area contributed by atoms with E-state index in [4.69, 9.17) is 4.74 Å². The lowest BCUT2D eigenvalue weighted by Gasteiger charge is -2.35. The minimum Gasteiger partial charge on any atom is -0.494 e. The third kappa shape index (κ3) is 5.79. The maximum atomic E-state index is 5.82. The lowest BCUT2D eigenvalue weighted by atomic mass is 10.1. The molecule has 2 nitrogen and oxygen atoms in total. The highest BCUT2D eigenvalue weighted by Gasteiger charge is 2.19. The fraction of sp³-hybridized carbons (Fsp3) is 0.556. The van der Waals surface area contributed by atoms with Gasteiger partial charge in [-0.05, 0) is 57.9 Å². The van der Waals surface area contributed by atoms with Gasteiger partial charge in [0.2, 0.25) is 0 Å². The highest BCUT2D eigenvalue weighted by Crippen LogP contribution is 2.16. The Hall–Kier alpha value is -1.28. The van der Waals surface area contributed by atoms with Crippen LogP contribution in [0.4, 0.5) is 0 Å². The summed E-state index contributed by atoms with van der Waals surface area (Å²) in [4.78, 5) is 2.52. The van der Waals surface area contributed by atoms with E-state index in [0.29, 0.717) is 0 Å². The molecule has 1 aromatic rings. The molecule has 2 heteroatoms. The molecule has 0 radical (unpaired) electrons. The van der Waals surface area contributed by atoms with E-state index in [1.54, 1.807) is 0 Å². The van der Waals surface area contributed by atoms with Crippen molar-refractivity contribution in [2.45, 2.75) is 46.1 Å². The monoisotopic (exact) mass is 275 g/mol. The van der Waals surface area contributed by atoms with E-state index in [1.807, 2.05) is 30.3 Å². The molecule has 0 unspecified atom stereocenters. The molecule has 0 aliphatic rings. The average Bonchev–Trinajstić information content (AvgIpc) is 2.41. The molecule has 1 rings (SSSR count). The second kappa shape index (κ2) is 8.11. The lowest BCUT2D eigenvalue weighted by Crippen LogP contribution is -2.42. The zero-order valence-electron chi connectivity index (χ0n) is 13.5. The molecule has 0 aromatic heterocycles. The lowest BCUT2D eigenvalue weighted by molar-refractivity contribution is 0.126. The average molecular weight is 275 g/mol. The van der Waals surface area contributed by atoms with Gasteiger partial charge >= 0.3 is 0 Å². The first-order valence-electron chi connectivity index (χ1n) is 7.57. The SMILES string of the molecule is C=Cc1cccc(OCCCN(CCC)C(C)(C)C)c1. The van der Waals surface area contributed by atoms with E-state index in [1.165, 1.54) is 6.42 Å². The Kier molecular flexibility index (Phi) is 6.80.